The molecule has 20 heavy (non-hydrogen) atoms. The number of hydrogen-bond donors (Lipinski definition) is 0. The summed E-state index contributed by atoms with van der Waals surface area (Å²) in [5.41, 5.74) is 8.61. The van der Waals surface area contributed by atoms with E-state index in [1.165, 1.54) is 44.0 Å². The zero-order chi connectivity index (χ0) is 15.0. The summed E-state index contributed by atoms with van der Waals surface area (Å²) in [7, 11) is -0.270. The molecule has 0 unspecified atom stereocenters. The summed E-state index contributed by atoms with van der Waals surface area (Å²) in [4.78, 5) is 0. The van der Waals surface area contributed by atoms with Crippen LogP contribution in [-0.2, 0) is 0 Å². The molecule has 0 aliphatic rings. The number of rotatable bonds is 2. The Labute approximate surface area is 125 Å². The zero-order valence-electron chi connectivity index (χ0n) is 13.8. The van der Waals surface area contributed by atoms with Crippen molar-refractivity contribution < 1.29 is 0 Å². The third kappa shape index (κ3) is 2.54. The second-order valence-corrected chi connectivity index (χ2v) is 7.94. The lowest BCUT2D eigenvalue weighted by Crippen LogP contribution is -2.18. The van der Waals surface area contributed by atoms with Gasteiger partial charge in [-0.1, -0.05) is 24.3 Å². The maximum Gasteiger partial charge on any atom is -0.0166 e. The van der Waals surface area contributed by atoms with Gasteiger partial charge in [0.15, 0.2) is 0 Å². The predicted molar refractivity (Wildman–Crippen MR) is 93.4 cm³/mol. The van der Waals surface area contributed by atoms with E-state index in [0.29, 0.717) is 0 Å². The molecule has 0 heterocycles. The summed E-state index contributed by atoms with van der Waals surface area (Å²) < 4.78 is 0. The third-order valence-corrected chi connectivity index (χ3v) is 7.20. The first kappa shape index (κ1) is 15.3. The molecular formula is C19H25P. The van der Waals surface area contributed by atoms with Crippen LogP contribution >= 0.6 is 7.92 Å². The first-order valence-electron chi connectivity index (χ1n) is 7.22. The lowest BCUT2D eigenvalue weighted by atomic mass is 10.0. The first-order chi connectivity index (χ1) is 9.34. The molecule has 2 rings (SSSR count). The van der Waals surface area contributed by atoms with Crippen molar-refractivity contribution >= 4 is 18.5 Å². The lowest BCUT2D eigenvalue weighted by molar-refractivity contribution is 1.28. The van der Waals surface area contributed by atoms with Crippen LogP contribution < -0.4 is 10.6 Å². The molecule has 0 aliphatic heterocycles. The second-order valence-electron chi connectivity index (χ2n) is 5.86. The van der Waals surface area contributed by atoms with Crippen molar-refractivity contribution in [3.8, 4) is 0 Å². The van der Waals surface area contributed by atoms with E-state index in [1.54, 1.807) is 0 Å². The fourth-order valence-corrected chi connectivity index (χ4v) is 4.94. The van der Waals surface area contributed by atoms with Crippen molar-refractivity contribution in [3.05, 3.63) is 57.6 Å². The van der Waals surface area contributed by atoms with Crippen LogP contribution in [0.25, 0.3) is 0 Å². The summed E-state index contributed by atoms with van der Waals surface area (Å²) in [6.45, 7) is 15.8. The molecule has 106 valence electrons. The molecule has 0 aromatic heterocycles. The van der Waals surface area contributed by atoms with Gasteiger partial charge in [-0.05, 0) is 100 Å². The van der Waals surface area contributed by atoms with Gasteiger partial charge in [0.05, 0.1) is 0 Å². The fourth-order valence-electron chi connectivity index (χ4n) is 2.74. The molecular weight excluding hydrogens is 259 g/mol. The van der Waals surface area contributed by atoms with Gasteiger partial charge < -0.3 is 0 Å². The normalized spacial score (nSPS) is 11.2. The molecule has 1 heteroatoms. The van der Waals surface area contributed by atoms with Crippen molar-refractivity contribution in [1.29, 1.82) is 0 Å². The van der Waals surface area contributed by atoms with E-state index in [4.69, 9.17) is 0 Å². The van der Waals surface area contributed by atoms with Gasteiger partial charge in [-0.25, -0.2) is 0 Å². The van der Waals surface area contributed by atoms with E-state index in [0.717, 1.165) is 0 Å². The van der Waals surface area contributed by atoms with Crippen molar-refractivity contribution in [1.82, 2.24) is 0 Å². The minimum Gasteiger partial charge on any atom is -0.0584 e. The van der Waals surface area contributed by atoms with E-state index >= 15 is 0 Å². The topological polar surface area (TPSA) is 0 Å². The molecule has 0 radical (unpaired) electrons. The monoisotopic (exact) mass is 284 g/mol. The smallest absolute Gasteiger partial charge is 0.0166 e. The van der Waals surface area contributed by atoms with Crippen LogP contribution in [0.1, 0.15) is 33.4 Å². The Morgan fingerprint density at radius 3 is 1.25 bits per heavy atom. The first-order valence-corrected chi connectivity index (χ1v) is 9.00. The third-order valence-electron chi connectivity index (χ3n) is 4.78. The summed E-state index contributed by atoms with van der Waals surface area (Å²) in [5, 5.41) is 3.05. The van der Waals surface area contributed by atoms with E-state index in [2.05, 4.69) is 72.5 Å². The van der Waals surface area contributed by atoms with Gasteiger partial charge in [-0.3, -0.25) is 0 Å². The van der Waals surface area contributed by atoms with Crippen LogP contribution in [0, 0.1) is 41.5 Å². The van der Waals surface area contributed by atoms with E-state index in [-0.39, 0.29) is 7.92 Å². The van der Waals surface area contributed by atoms with Crippen molar-refractivity contribution in [2.75, 3.05) is 6.66 Å². The van der Waals surface area contributed by atoms with Crippen LogP contribution in [-0.4, -0.2) is 6.66 Å². The van der Waals surface area contributed by atoms with Crippen molar-refractivity contribution in [2.24, 2.45) is 0 Å². The summed E-state index contributed by atoms with van der Waals surface area (Å²) >= 11 is 0. The van der Waals surface area contributed by atoms with Gasteiger partial charge in [0.1, 0.15) is 0 Å². The van der Waals surface area contributed by atoms with Gasteiger partial charge in [0.2, 0.25) is 0 Å². The van der Waals surface area contributed by atoms with Crippen LogP contribution in [0.3, 0.4) is 0 Å². The highest BCUT2D eigenvalue weighted by Crippen LogP contribution is 2.34. The molecule has 0 saturated heterocycles. The Morgan fingerprint density at radius 2 is 0.900 bits per heavy atom. The Morgan fingerprint density at radius 1 is 0.550 bits per heavy atom. The number of benzene rings is 2. The molecule has 0 spiro atoms. The Hall–Kier alpha value is -1.13. The summed E-state index contributed by atoms with van der Waals surface area (Å²) in [5.74, 6) is 0. The lowest BCUT2D eigenvalue weighted by Gasteiger charge is -2.21. The van der Waals surface area contributed by atoms with Crippen LogP contribution in [0.15, 0.2) is 24.3 Å². The maximum absolute atomic E-state index is 2.39. The van der Waals surface area contributed by atoms with Gasteiger partial charge in [-0.2, -0.15) is 0 Å². The van der Waals surface area contributed by atoms with E-state index in [1.807, 2.05) is 0 Å². The second kappa shape index (κ2) is 5.70. The molecule has 0 fully saturated rings. The Kier molecular flexibility index (Phi) is 4.35. The van der Waals surface area contributed by atoms with Gasteiger partial charge in [0.25, 0.3) is 0 Å². The highest BCUT2D eigenvalue weighted by molar-refractivity contribution is 7.72. The standard InChI is InChI=1S/C19H25P/c1-12-8-10-18(16(5)14(12)3)20(7)19-11-9-13(2)15(4)17(19)6/h8-11H,1-7H3. The average Bonchev–Trinajstić information content (AvgIpc) is 2.42. The minimum absolute atomic E-state index is 0.270. The highest BCUT2D eigenvalue weighted by Gasteiger charge is 2.15. The molecule has 2 aromatic carbocycles. The quantitative estimate of drug-likeness (QED) is 0.707. The van der Waals surface area contributed by atoms with Crippen LogP contribution in [0.4, 0.5) is 0 Å². The molecule has 0 N–H and O–H groups in total. The van der Waals surface area contributed by atoms with Crippen molar-refractivity contribution in [2.45, 2.75) is 41.5 Å². The van der Waals surface area contributed by atoms with Gasteiger partial charge in [-0.15, -0.1) is 0 Å². The molecule has 0 amide bonds. The zero-order valence-corrected chi connectivity index (χ0v) is 14.7. The van der Waals surface area contributed by atoms with Gasteiger partial charge >= 0.3 is 0 Å². The molecule has 2 aromatic rings. The SMILES string of the molecule is Cc1ccc(P(C)c2ccc(C)c(C)c2C)c(C)c1C. The van der Waals surface area contributed by atoms with Gasteiger partial charge in [0, 0.05) is 0 Å². The summed E-state index contributed by atoms with van der Waals surface area (Å²) in [6.07, 6.45) is 0. The fraction of sp³-hybridized carbons (Fsp3) is 0.368. The van der Waals surface area contributed by atoms with Crippen LogP contribution in [0.5, 0.6) is 0 Å². The highest BCUT2D eigenvalue weighted by atomic mass is 31.1. The predicted octanol–water partition coefficient (Wildman–Crippen LogP) is 4.60. The minimum atomic E-state index is -0.270. The summed E-state index contributed by atoms with van der Waals surface area (Å²) in [6, 6.07) is 9.20. The Balaban J connectivity index is 2.55. The van der Waals surface area contributed by atoms with E-state index < -0.39 is 0 Å². The average molecular weight is 284 g/mol. The number of hydrogen-bond acceptors (Lipinski definition) is 0. The maximum atomic E-state index is 2.39. The molecule has 0 saturated carbocycles. The number of aryl methyl sites for hydroxylation is 2. The molecule has 0 bridgehead atoms. The Bertz CT molecular complexity index is 596. The van der Waals surface area contributed by atoms with Crippen molar-refractivity contribution in [3.63, 3.8) is 0 Å². The van der Waals surface area contributed by atoms with Crippen LogP contribution in [0.2, 0.25) is 0 Å². The molecule has 0 aliphatic carbocycles. The van der Waals surface area contributed by atoms with E-state index in [9.17, 15) is 0 Å². The largest absolute Gasteiger partial charge is 0.0584 e. The molecule has 0 atom stereocenters. The molecule has 0 nitrogen and oxygen atoms in total.